The minimum atomic E-state index is 0.599. The maximum absolute atomic E-state index is 5.61. The van der Waals surface area contributed by atoms with Gasteiger partial charge in [0.25, 0.3) is 0 Å². The van der Waals surface area contributed by atoms with Crippen molar-refractivity contribution in [1.82, 2.24) is 10.2 Å². The molecular formula is C13H28N2O. The Balaban J connectivity index is 2.03. The van der Waals surface area contributed by atoms with E-state index < -0.39 is 0 Å². The smallest absolute Gasteiger partial charge is 0.0593 e. The highest BCUT2D eigenvalue weighted by atomic mass is 16.5. The van der Waals surface area contributed by atoms with Gasteiger partial charge in [-0.05, 0) is 18.9 Å². The predicted molar refractivity (Wildman–Crippen MR) is 68.8 cm³/mol. The number of likely N-dealkylation sites (tertiary alicyclic amines) is 1. The van der Waals surface area contributed by atoms with Crippen molar-refractivity contribution in [3.8, 4) is 0 Å². The summed E-state index contributed by atoms with van der Waals surface area (Å²) in [6, 6.07) is 1.28. The second-order valence-corrected chi connectivity index (χ2v) is 5.58. The molecule has 3 heteroatoms. The molecule has 0 aliphatic carbocycles. The van der Waals surface area contributed by atoms with Crippen molar-refractivity contribution < 1.29 is 4.74 Å². The van der Waals surface area contributed by atoms with Crippen molar-refractivity contribution in [1.29, 1.82) is 0 Å². The molecule has 1 rings (SSSR count). The van der Waals surface area contributed by atoms with Crippen LogP contribution >= 0.6 is 0 Å². The molecule has 1 saturated heterocycles. The number of nitrogens with one attached hydrogen (secondary N) is 1. The van der Waals surface area contributed by atoms with Crippen LogP contribution in [0.4, 0.5) is 0 Å². The summed E-state index contributed by atoms with van der Waals surface area (Å²) in [5.41, 5.74) is 0. The van der Waals surface area contributed by atoms with Gasteiger partial charge in [0.15, 0.2) is 0 Å². The molecule has 0 spiro atoms. The van der Waals surface area contributed by atoms with Gasteiger partial charge in [0.05, 0.1) is 6.61 Å². The van der Waals surface area contributed by atoms with E-state index in [0.29, 0.717) is 18.0 Å². The van der Waals surface area contributed by atoms with Crippen LogP contribution in [-0.4, -0.2) is 49.8 Å². The molecule has 1 heterocycles. The van der Waals surface area contributed by atoms with E-state index in [2.05, 4.69) is 37.9 Å². The lowest BCUT2D eigenvalue weighted by Crippen LogP contribution is -2.37. The van der Waals surface area contributed by atoms with Gasteiger partial charge in [-0.1, -0.05) is 27.7 Å². The van der Waals surface area contributed by atoms with Crippen molar-refractivity contribution in [3.63, 3.8) is 0 Å². The summed E-state index contributed by atoms with van der Waals surface area (Å²) in [4.78, 5) is 2.50. The van der Waals surface area contributed by atoms with Gasteiger partial charge in [-0.15, -0.1) is 0 Å². The molecule has 0 radical (unpaired) electrons. The molecule has 1 fully saturated rings. The van der Waals surface area contributed by atoms with Crippen LogP contribution in [-0.2, 0) is 4.74 Å². The van der Waals surface area contributed by atoms with Gasteiger partial charge in [-0.25, -0.2) is 0 Å². The SMILES string of the molecule is CC(C)COCCN1CCC(NC(C)C)C1. The van der Waals surface area contributed by atoms with Gasteiger partial charge in [-0.3, -0.25) is 4.90 Å². The average Bonchev–Trinajstić information content (AvgIpc) is 2.59. The Bertz CT molecular complexity index is 183. The van der Waals surface area contributed by atoms with Gasteiger partial charge >= 0.3 is 0 Å². The molecule has 3 nitrogen and oxygen atoms in total. The van der Waals surface area contributed by atoms with Crippen molar-refractivity contribution in [2.24, 2.45) is 5.92 Å². The first kappa shape index (κ1) is 13.9. The second kappa shape index (κ2) is 7.25. The van der Waals surface area contributed by atoms with E-state index in [-0.39, 0.29) is 0 Å². The lowest BCUT2D eigenvalue weighted by atomic mass is 10.2. The van der Waals surface area contributed by atoms with Gasteiger partial charge in [0, 0.05) is 31.8 Å². The summed E-state index contributed by atoms with van der Waals surface area (Å²) in [5.74, 6) is 0.647. The first-order valence-corrected chi connectivity index (χ1v) is 6.64. The predicted octanol–water partition coefficient (Wildman–Crippen LogP) is 1.73. The van der Waals surface area contributed by atoms with Crippen LogP contribution in [0.25, 0.3) is 0 Å². The molecule has 96 valence electrons. The van der Waals surface area contributed by atoms with Crippen LogP contribution < -0.4 is 5.32 Å². The molecule has 0 aromatic carbocycles. The van der Waals surface area contributed by atoms with E-state index in [1.54, 1.807) is 0 Å². The number of rotatable bonds is 7. The number of nitrogens with zero attached hydrogens (tertiary/aromatic N) is 1. The third kappa shape index (κ3) is 5.83. The Morgan fingerprint density at radius 2 is 2.06 bits per heavy atom. The lowest BCUT2D eigenvalue weighted by Gasteiger charge is -2.18. The Kier molecular flexibility index (Phi) is 6.32. The maximum Gasteiger partial charge on any atom is 0.0593 e. The highest BCUT2D eigenvalue weighted by Crippen LogP contribution is 2.09. The minimum absolute atomic E-state index is 0.599. The van der Waals surface area contributed by atoms with Gasteiger partial charge < -0.3 is 10.1 Å². The molecule has 1 N–H and O–H groups in total. The second-order valence-electron chi connectivity index (χ2n) is 5.58. The normalized spacial score (nSPS) is 22.5. The summed E-state index contributed by atoms with van der Waals surface area (Å²) >= 11 is 0. The van der Waals surface area contributed by atoms with Gasteiger partial charge in [0.2, 0.25) is 0 Å². The van der Waals surface area contributed by atoms with Crippen LogP contribution in [0.2, 0.25) is 0 Å². The Hall–Kier alpha value is -0.120. The van der Waals surface area contributed by atoms with Crippen molar-refractivity contribution >= 4 is 0 Å². The molecule has 0 amide bonds. The van der Waals surface area contributed by atoms with Crippen LogP contribution in [0.15, 0.2) is 0 Å². The largest absolute Gasteiger partial charge is 0.380 e. The fourth-order valence-corrected chi connectivity index (χ4v) is 2.16. The Morgan fingerprint density at radius 3 is 2.69 bits per heavy atom. The fourth-order valence-electron chi connectivity index (χ4n) is 2.16. The molecule has 0 saturated carbocycles. The van der Waals surface area contributed by atoms with E-state index in [1.165, 1.54) is 19.5 Å². The van der Waals surface area contributed by atoms with Gasteiger partial charge in [0.1, 0.15) is 0 Å². The van der Waals surface area contributed by atoms with Crippen molar-refractivity contribution in [2.45, 2.75) is 46.2 Å². The number of hydrogen-bond donors (Lipinski definition) is 1. The van der Waals surface area contributed by atoms with Crippen LogP contribution in [0.3, 0.4) is 0 Å². The molecule has 1 unspecified atom stereocenters. The number of hydrogen-bond acceptors (Lipinski definition) is 3. The zero-order valence-electron chi connectivity index (χ0n) is 11.3. The van der Waals surface area contributed by atoms with Gasteiger partial charge in [-0.2, -0.15) is 0 Å². The van der Waals surface area contributed by atoms with Crippen molar-refractivity contribution in [2.75, 3.05) is 32.8 Å². The topological polar surface area (TPSA) is 24.5 Å². The third-order valence-electron chi connectivity index (χ3n) is 2.84. The Morgan fingerprint density at radius 1 is 1.31 bits per heavy atom. The zero-order chi connectivity index (χ0) is 12.0. The summed E-state index contributed by atoms with van der Waals surface area (Å²) in [7, 11) is 0. The minimum Gasteiger partial charge on any atom is -0.380 e. The van der Waals surface area contributed by atoms with E-state index in [1.807, 2.05) is 0 Å². The van der Waals surface area contributed by atoms with Crippen LogP contribution in [0.5, 0.6) is 0 Å². The molecule has 0 bridgehead atoms. The van der Waals surface area contributed by atoms with Crippen LogP contribution in [0.1, 0.15) is 34.1 Å². The Labute approximate surface area is 101 Å². The molecule has 1 aliphatic heterocycles. The molecule has 16 heavy (non-hydrogen) atoms. The summed E-state index contributed by atoms with van der Waals surface area (Å²) in [6.07, 6.45) is 1.28. The van der Waals surface area contributed by atoms with E-state index in [0.717, 1.165) is 19.8 Å². The quantitative estimate of drug-likeness (QED) is 0.672. The molecular weight excluding hydrogens is 200 g/mol. The average molecular weight is 228 g/mol. The fraction of sp³-hybridized carbons (Fsp3) is 1.00. The first-order chi connectivity index (χ1) is 7.58. The lowest BCUT2D eigenvalue weighted by molar-refractivity contribution is 0.0906. The summed E-state index contributed by atoms with van der Waals surface area (Å²) in [6.45, 7) is 14.1. The molecule has 1 aliphatic rings. The number of ether oxygens (including phenoxy) is 1. The van der Waals surface area contributed by atoms with Crippen molar-refractivity contribution in [3.05, 3.63) is 0 Å². The van der Waals surface area contributed by atoms with E-state index in [4.69, 9.17) is 4.74 Å². The van der Waals surface area contributed by atoms with E-state index in [9.17, 15) is 0 Å². The monoisotopic (exact) mass is 228 g/mol. The highest BCUT2D eigenvalue weighted by molar-refractivity contribution is 4.81. The standard InChI is InChI=1S/C13H28N2O/c1-11(2)10-16-8-7-15-6-5-13(9-15)14-12(3)4/h11-14H,5-10H2,1-4H3. The summed E-state index contributed by atoms with van der Waals surface area (Å²) in [5, 5.41) is 3.60. The first-order valence-electron chi connectivity index (χ1n) is 6.64. The van der Waals surface area contributed by atoms with Crippen LogP contribution in [0, 0.1) is 5.92 Å². The highest BCUT2D eigenvalue weighted by Gasteiger charge is 2.21. The third-order valence-corrected chi connectivity index (χ3v) is 2.84. The molecule has 0 aromatic rings. The molecule has 0 aromatic heterocycles. The molecule has 1 atom stereocenters. The van der Waals surface area contributed by atoms with E-state index >= 15 is 0 Å². The zero-order valence-corrected chi connectivity index (χ0v) is 11.3. The maximum atomic E-state index is 5.61. The summed E-state index contributed by atoms with van der Waals surface area (Å²) < 4.78 is 5.61.